The van der Waals surface area contributed by atoms with E-state index in [1.807, 2.05) is 42.5 Å². The minimum absolute atomic E-state index is 0.319. The highest BCUT2D eigenvalue weighted by atomic mass is 35.5. The number of benzene rings is 1. The van der Waals surface area contributed by atoms with Crippen LogP contribution < -0.4 is 10.2 Å². The number of pyridine rings is 1. The van der Waals surface area contributed by atoms with Crippen LogP contribution >= 0.6 is 34.3 Å². The summed E-state index contributed by atoms with van der Waals surface area (Å²) in [6.45, 7) is 9.50. The van der Waals surface area contributed by atoms with Gasteiger partial charge >= 0.3 is 0 Å². The lowest BCUT2D eigenvalue weighted by molar-refractivity contribution is 0.579. The van der Waals surface area contributed by atoms with Crippen molar-refractivity contribution in [1.29, 1.82) is 0 Å². The first-order chi connectivity index (χ1) is 15.8. The number of nitrogens with one attached hydrogen (secondary N) is 1. The summed E-state index contributed by atoms with van der Waals surface area (Å²) in [5, 5.41) is 7.51. The maximum atomic E-state index is 14.6. The monoisotopic (exact) mass is 501 g/mol. The maximum Gasteiger partial charge on any atom is 0.188 e. The first-order valence-corrected chi connectivity index (χ1v) is 12.7. The number of hydrogen-bond acceptors (Lipinski definition) is 7. The molecule has 0 amide bonds. The van der Waals surface area contributed by atoms with Crippen molar-refractivity contribution in [3.8, 4) is 10.6 Å². The Balaban J connectivity index is 1.46. The molecule has 172 valence electrons. The molecule has 0 bridgehead atoms. The van der Waals surface area contributed by atoms with Crippen LogP contribution in [0.15, 0.2) is 41.9 Å². The predicted octanol–water partition coefficient (Wildman–Crippen LogP) is 7.48. The van der Waals surface area contributed by atoms with Crippen LogP contribution in [0.4, 0.5) is 21.0 Å². The molecule has 3 aromatic heterocycles. The molecular weight excluding hydrogens is 477 g/mol. The SMILES string of the molecule is Cc1nc(C)c(-c2csc(Nc3ccc(CN(CC(C)C)c4ccc(Cl)cc4F)cn3)n2)s1. The second-order valence-electron chi connectivity index (χ2n) is 8.23. The Bertz CT molecular complexity index is 1240. The molecule has 1 aromatic carbocycles. The van der Waals surface area contributed by atoms with Crippen LogP contribution in [0.1, 0.15) is 30.1 Å². The summed E-state index contributed by atoms with van der Waals surface area (Å²) in [6, 6.07) is 8.73. The van der Waals surface area contributed by atoms with E-state index in [1.165, 1.54) is 17.4 Å². The van der Waals surface area contributed by atoms with Crippen molar-refractivity contribution in [2.75, 3.05) is 16.8 Å². The highest BCUT2D eigenvalue weighted by Crippen LogP contribution is 2.33. The Morgan fingerprint density at radius 3 is 2.61 bits per heavy atom. The van der Waals surface area contributed by atoms with E-state index in [4.69, 9.17) is 11.6 Å². The van der Waals surface area contributed by atoms with Crippen LogP contribution in [-0.4, -0.2) is 21.5 Å². The lowest BCUT2D eigenvalue weighted by Crippen LogP contribution is -2.28. The Labute approximate surface area is 206 Å². The molecule has 0 unspecified atom stereocenters. The topological polar surface area (TPSA) is 53.9 Å². The van der Waals surface area contributed by atoms with Gasteiger partial charge in [-0.3, -0.25) is 0 Å². The Hall–Kier alpha value is -2.55. The molecule has 0 saturated heterocycles. The predicted molar refractivity (Wildman–Crippen MR) is 138 cm³/mol. The quantitative estimate of drug-likeness (QED) is 0.271. The molecule has 4 rings (SSSR count). The number of hydrogen-bond donors (Lipinski definition) is 1. The van der Waals surface area contributed by atoms with Crippen LogP contribution in [0.2, 0.25) is 5.02 Å². The van der Waals surface area contributed by atoms with Crippen LogP contribution in [-0.2, 0) is 6.54 Å². The first-order valence-electron chi connectivity index (χ1n) is 10.6. The van der Waals surface area contributed by atoms with E-state index in [0.717, 1.165) is 38.5 Å². The summed E-state index contributed by atoms with van der Waals surface area (Å²) in [5.41, 5.74) is 3.46. The van der Waals surface area contributed by atoms with Crippen LogP contribution in [0.3, 0.4) is 0 Å². The molecule has 4 aromatic rings. The van der Waals surface area contributed by atoms with Gasteiger partial charge < -0.3 is 10.2 Å². The van der Waals surface area contributed by atoms with Crippen molar-refractivity contribution in [3.63, 3.8) is 0 Å². The summed E-state index contributed by atoms with van der Waals surface area (Å²) >= 11 is 9.12. The van der Waals surface area contributed by atoms with E-state index in [-0.39, 0.29) is 5.82 Å². The van der Waals surface area contributed by atoms with Crippen LogP contribution in [0.5, 0.6) is 0 Å². The fourth-order valence-electron chi connectivity index (χ4n) is 3.55. The number of nitrogens with zero attached hydrogens (tertiary/aromatic N) is 4. The van der Waals surface area contributed by atoms with Crippen molar-refractivity contribution in [3.05, 3.63) is 69.0 Å². The van der Waals surface area contributed by atoms with Gasteiger partial charge in [0.25, 0.3) is 0 Å². The Kier molecular flexibility index (Phi) is 7.26. The number of halogens is 2. The number of aryl methyl sites for hydroxylation is 2. The van der Waals surface area contributed by atoms with Crippen LogP contribution in [0.25, 0.3) is 10.6 Å². The summed E-state index contributed by atoms with van der Waals surface area (Å²) < 4.78 is 14.6. The zero-order chi connectivity index (χ0) is 23.5. The van der Waals surface area contributed by atoms with Gasteiger partial charge in [0.05, 0.1) is 27.0 Å². The fraction of sp³-hybridized carbons (Fsp3) is 0.292. The summed E-state index contributed by atoms with van der Waals surface area (Å²) in [7, 11) is 0. The van der Waals surface area contributed by atoms with E-state index in [2.05, 4.69) is 34.1 Å². The highest BCUT2D eigenvalue weighted by Gasteiger charge is 2.15. The zero-order valence-electron chi connectivity index (χ0n) is 18.9. The smallest absolute Gasteiger partial charge is 0.188 e. The highest BCUT2D eigenvalue weighted by molar-refractivity contribution is 7.16. The molecule has 33 heavy (non-hydrogen) atoms. The second-order valence-corrected chi connectivity index (χ2v) is 10.7. The molecule has 0 spiro atoms. The second kappa shape index (κ2) is 10.2. The molecule has 3 heterocycles. The third kappa shape index (κ3) is 5.88. The third-order valence-electron chi connectivity index (χ3n) is 4.91. The molecule has 5 nitrogen and oxygen atoms in total. The van der Waals surface area contributed by atoms with Crippen molar-refractivity contribution in [2.24, 2.45) is 5.92 Å². The van der Waals surface area contributed by atoms with E-state index >= 15 is 0 Å². The van der Waals surface area contributed by atoms with Gasteiger partial charge in [-0.05, 0) is 49.6 Å². The van der Waals surface area contributed by atoms with Crippen molar-refractivity contribution in [1.82, 2.24) is 15.0 Å². The van der Waals surface area contributed by atoms with Crippen molar-refractivity contribution < 1.29 is 4.39 Å². The minimum atomic E-state index is -0.319. The van der Waals surface area contributed by atoms with Gasteiger partial charge in [-0.1, -0.05) is 31.5 Å². The molecule has 9 heteroatoms. The molecule has 0 radical (unpaired) electrons. The van der Waals surface area contributed by atoms with Crippen molar-refractivity contribution >= 4 is 50.9 Å². The van der Waals surface area contributed by atoms with Crippen LogP contribution in [0, 0.1) is 25.6 Å². The lowest BCUT2D eigenvalue weighted by atomic mass is 10.1. The summed E-state index contributed by atoms with van der Waals surface area (Å²) in [4.78, 5) is 16.8. The van der Waals surface area contributed by atoms with Gasteiger partial charge in [0, 0.05) is 29.7 Å². The zero-order valence-corrected chi connectivity index (χ0v) is 21.3. The van der Waals surface area contributed by atoms with E-state index < -0.39 is 0 Å². The van der Waals surface area contributed by atoms with Gasteiger partial charge in [0.2, 0.25) is 0 Å². The molecule has 0 aliphatic carbocycles. The van der Waals surface area contributed by atoms with Gasteiger partial charge in [-0.25, -0.2) is 19.3 Å². The molecule has 0 fully saturated rings. The van der Waals surface area contributed by atoms with Gasteiger partial charge in [-0.2, -0.15) is 0 Å². The van der Waals surface area contributed by atoms with Gasteiger partial charge in [-0.15, -0.1) is 22.7 Å². The number of thiazole rings is 2. The Morgan fingerprint density at radius 2 is 1.97 bits per heavy atom. The molecule has 0 atom stereocenters. The number of aromatic nitrogens is 3. The molecular formula is C24H25ClFN5S2. The van der Waals surface area contributed by atoms with Crippen molar-refractivity contribution in [2.45, 2.75) is 34.2 Å². The number of rotatable bonds is 8. The summed E-state index contributed by atoms with van der Waals surface area (Å²) in [6.07, 6.45) is 1.81. The molecule has 0 saturated carbocycles. The third-order valence-corrected chi connectivity index (χ3v) is 7.00. The van der Waals surface area contributed by atoms with Gasteiger partial charge in [0.15, 0.2) is 5.13 Å². The largest absolute Gasteiger partial charge is 0.365 e. The average Bonchev–Trinajstić information content (AvgIpc) is 3.34. The molecule has 0 aliphatic rings. The standard InChI is InChI=1S/C24H25ClFN5S2/c1-14(2)11-31(21-7-6-18(25)9-19(21)26)12-17-5-8-22(27-10-17)30-24-29-20(13-32-24)23-15(3)28-16(4)33-23/h5-10,13-14H,11-12H2,1-4H3,(H,27,29,30). The average molecular weight is 502 g/mol. The Morgan fingerprint density at radius 1 is 1.15 bits per heavy atom. The van der Waals surface area contributed by atoms with E-state index in [9.17, 15) is 4.39 Å². The normalized spacial score (nSPS) is 11.2. The summed E-state index contributed by atoms with van der Waals surface area (Å²) in [5.74, 6) is 0.768. The molecule has 1 N–H and O–H groups in total. The maximum absolute atomic E-state index is 14.6. The number of anilines is 3. The first kappa shape index (κ1) is 23.6. The van der Waals surface area contributed by atoms with E-state index in [1.54, 1.807) is 23.5 Å². The van der Waals surface area contributed by atoms with E-state index in [0.29, 0.717) is 29.0 Å². The fourth-order valence-corrected chi connectivity index (χ4v) is 5.38. The minimum Gasteiger partial charge on any atom is -0.365 e. The van der Waals surface area contributed by atoms with Gasteiger partial charge in [0.1, 0.15) is 11.6 Å². The lowest BCUT2D eigenvalue weighted by Gasteiger charge is -2.27. The molecule has 0 aliphatic heterocycles.